The summed E-state index contributed by atoms with van der Waals surface area (Å²) >= 11 is 18.5. The molecule has 214 valence electrons. The molecule has 1 atom stereocenters. The van der Waals surface area contributed by atoms with E-state index in [-0.39, 0.29) is 29.0 Å². The fourth-order valence-electron chi connectivity index (χ4n) is 3.87. The van der Waals surface area contributed by atoms with Crippen LogP contribution in [0.15, 0.2) is 71.6 Å². The zero-order valence-corrected chi connectivity index (χ0v) is 25.8. The number of carbonyl (C=O) groups excluding carboxylic acids is 2. The first kappa shape index (κ1) is 31.7. The van der Waals surface area contributed by atoms with E-state index in [2.05, 4.69) is 5.32 Å². The maximum atomic E-state index is 13.9. The van der Waals surface area contributed by atoms with Crippen LogP contribution >= 0.6 is 34.8 Å². The third-order valence-corrected chi connectivity index (χ3v) is 8.94. The normalized spacial score (nSPS) is 12.2. The number of nitrogens with zero attached hydrogens (tertiary/aromatic N) is 2. The second-order valence-electron chi connectivity index (χ2n) is 9.89. The minimum absolute atomic E-state index is 0.0000470. The van der Waals surface area contributed by atoms with Crippen molar-refractivity contribution in [2.75, 3.05) is 17.4 Å². The molecule has 1 N–H and O–H groups in total. The third-order valence-electron chi connectivity index (χ3n) is 6.17. The van der Waals surface area contributed by atoms with Crippen molar-refractivity contribution >= 4 is 62.3 Å². The zero-order chi connectivity index (χ0) is 29.6. The van der Waals surface area contributed by atoms with Crippen molar-refractivity contribution < 1.29 is 18.0 Å². The number of benzene rings is 3. The van der Waals surface area contributed by atoms with Crippen molar-refractivity contribution in [3.63, 3.8) is 0 Å². The minimum Gasteiger partial charge on any atom is -0.354 e. The molecule has 0 fully saturated rings. The monoisotopic (exact) mass is 623 g/mol. The Morgan fingerprint density at radius 1 is 0.900 bits per heavy atom. The molecule has 0 saturated carbocycles. The molecule has 3 rings (SSSR count). The average Bonchev–Trinajstić information content (AvgIpc) is 2.90. The van der Waals surface area contributed by atoms with Gasteiger partial charge in [0.2, 0.25) is 11.8 Å². The third kappa shape index (κ3) is 8.13. The van der Waals surface area contributed by atoms with Crippen molar-refractivity contribution in [2.45, 2.75) is 45.2 Å². The van der Waals surface area contributed by atoms with Gasteiger partial charge >= 0.3 is 0 Å². The van der Waals surface area contributed by atoms with E-state index in [4.69, 9.17) is 34.8 Å². The first-order chi connectivity index (χ1) is 18.8. The lowest BCUT2D eigenvalue weighted by atomic mass is 10.1. The Morgan fingerprint density at radius 2 is 1.57 bits per heavy atom. The molecule has 40 heavy (non-hydrogen) atoms. The van der Waals surface area contributed by atoms with E-state index in [9.17, 15) is 18.0 Å². The molecule has 7 nitrogen and oxygen atoms in total. The predicted octanol–water partition coefficient (Wildman–Crippen LogP) is 6.34. The van der Waals surface area contributed by atoms with Gasteiger partial charge in [-0.1, -0.05) is 78.5 Å². The van der Waals surface area contributed by atoms with E-state index in [0.29, 0.717) is 27.2 Å². The number of amides is 2. The maximum Gasteiger partial charge on any atom is 0.264 e. The first-order valence-corrected chi connectivity index (χ1v) is 15.2. The standard InChI is InChI=1S/C29H32Cl3N3O4S/c1-19(2)16-33-29(37)21(4)34(17-22-10-13-26(31)27(32)14-22)28(36)18-35(24-7-5-6-23(30)15-24)40(38,39)25-11-8-20(3)9-12-25/h5-15,19,21H,16-18H2,1-4H3,(H,33,37)/t21-/m1/s1. The van der Waals surface area contributed by atoms with Gasteiger partial charge in [-0.15, -0.1) is 0 Å². The summed E-state index contributed by atoms with van der Waals surface area (Å²) in [7, 11) is -4.18. The van der Waals surface area contributed by atoms with Gasteiger partial charge in [-0.05, 0) is 67.8 Å². The number of hydrogen-bond acceptors (Lipinski definition) is 4. The number of rotatable bonds is 11. The fraction of sp³-hybridized carbons (Fsp3) is 0.310. The van der Waals surface area contributed by atoms with E-state index < -0.39 is 28.5 Å². The molecule has 0 aliphatic carbocycles. The Hall–Kier alpha value is -2.78. The van der Waals surface area contributed by atoms with Crippen LogP contribution in [-0.2, 0) is 26.2 Å². The lowest BCUT2D eigenvalue weighted by molar-refractivity contribution is -0.139. The first-order valence-electron chi connectivity index (χ1n) is 12.7. The largest absolute Gasteiger partial charge is 0.354 e. The number of hydrogen-bond donors (Lipinski definition) is 1. The molecule has 0 saturated heterocycles. The highest BCUT2D eigenvalue weighted by atomic mass is 35.5. The van der Waals surface area contributed by atoms with Crippen LogP contribution in [0.4, 0.5) is 5.69 Å². The van der Waals surface area contributed by atoms with Gasteiger partial charge in [-0.2, -0.15) is 0 Å². The quantitative estimate of drug-likeness (QED) is 0.270. The second kappa shape index (κ2) is 13.7. The van der Waals surface area contributed by atoms with E-state index in [1.807, 2.05) is 20.8 Å². The maximum absolute atomic E-state index is 13.9. The van der Waals surface area contributed by atoms with Crippen LogP contribution in [-0.4, -0.2) is 44.3 Å². The van der Waals surface area contributed by atoms with Crippen molar-refractivity contribution in [3.8, 4) is 0 Å². The molecule has 0 spiro atoms. The van der Waals surface area contributed by atoms with Gasteiger partial charge in [0.15, 0.2) is 0 Å². The van der Waals surface area contributed by atoms with Crippen LogP contribution in [0.5, 0.6) is 0 Å². The summed E-state index contributed by atoms with van der Waals surface area (Å²) in [6.07, 6.45) is 0. The molecular formula is C29H32Cl3N3O4S. The second-order valence-corrected chi connectivity index (χ2v) is 13.0. The van der Waals surface area contributed by atoms with Gasteiger partial charge in [-0.25, -0.2) is 8.42 Å². The van der Waals surface area contributed by atoms with Crippen molar-refractivity contribution in [2.24, 2.45) is 5.92 Å². The molecule has 0 bridgehead atoms. The topological polar surface area (TPSA) is 86.8 Å². The fourth-order valence-corrected chi connectivity index (χ4v) is 5.78. The highest BCUT2D eigenvalue weighted by Crippen LogP contribution is 2.28. The van der Waals surface area contributed by atoms with Gasteiger partial charge in [0.25, 0.3) is 10.0 Å². The van der Waals surface area contributed by atoms with Gasteiger partial charge in [0.1, 0.15) is 12.6 Å². The summed E-state index contributed by atoms with van der Waals surface area (Å²) in [6.45, 7) is 7.23. The number of nitrogens with one attached hydrogen (secondary N) is 1. The molecule has 0 heterocycles. The molecule has 11 heteroatoms. The van der Waals surface area contributed by atoms with Gasteiger partial charge in [-0.3, -0.25) is 13.9 Å². The van der Waals surface area contributed by atoms with E-state index in [1.54, 1.807) is 55.5 Å². The van der Waals surface area contributed by atoms with Crippen molar-refractivity contribution in [3.05, 3.63) is 92.9 Å². The number of anilines is 1. The summed E-state index contributed by atoms with van der Waals surface area (Å²) in [5.74, 6) is -0.750. The van der Waals surface area contributed by atoms with Gasteiger partial charge in [0, 0.05) is 18.1 Å². The van der Waals surface area contributed by atoms with Crippen LogP contribution < -0.4 is 9.62 Å². The molecule has 2 amide bonds. The summed E-state index contributed by atoms with van der Waals surface area (Å²) < 4.78 is 28.7. The van der Waals surface area contributed by atoms with Crippen molar-refractivity contribution in [1.29, 1.82) is 0 Å². The number of halogens is 3. The minimum atomic E-state index is -4.18. The van der Waals surface area contributed by atoms with Crippen LogP contribution in [0.3, 0.4) is 0 Å². The smallest absolute Gasteiger partial charge is 0.264 e. The number of sulfonamides is 1. The molecule has 0 radical (unpaired) electrons. The Kier molecular flexibility index (Phi) is 10.9. The van der Waals surface area contributed by atoms with Crippen LogP contribution in [0.25, 0.3) is 0 Å². The van der Waals surface area contributed by atoms with Crippen LogP contribution in [0.2, 0.25) is 15.1 Å². The highest BCUT2D eigenvalue weighted by molar-refractivity contribution is 7.92. The lowest BCUT2D eigenvalue weighted by Gasteiger charge is -2.32. The summed E-state index contributed by atoms with van der Waals surface area (Å²) in [6, 6.07) is 16.6. The van der Waals surface area contributed by atoms with E-state index in [1.165, 1.54) is 23.1 Å². The molecular weight excluding hydrogens is 593 g/mol. The molecule has 0 aliphatic heterocycles. The molecule has 3 aromatic carbocycles. The highest BCUT2D eigenvalue weighted by Gasteiger charge is 2.32. The molecule has 3 aromatic rings. The Bertz CT molecular complexity index is 1460. The average molecular weight is 625 g/mol. The van der Waals surface area contributed by atoms with Gasteiger partial charge < -0.3 is 10.2 Å². The predicted molar refractivity (Wildman–Crippen MR) is 161 cm³/mol. The molecule has 0 unspecified atom stereocenters. The SMILES string of the molecule is Cc1ccc(S(=O)(=O)N(CC(=O)N(Cc2ccc(Cl)c(Cl)c2)[C@H](C)C(=O)NCC(C)C)c2cccc(Cl)c2)cc1. The summed E-state index contributed by atoms with van der Waals surface area (Å²) in [5, 5.41) is 3.80. The zero-order valence-electron chi connectivity index (χ0n) is 22.7. The van der Waals surface area contributed by atoms with E-state index >= 15 is 0 Å². The summed E-state index contributed by atoms with van der Waals surface area (Å²) in [4.78, 5) is 28.3. The Balaban J connectivity index is 2.03. The van der Waals surface area contributed by atoms with Crippen molar-refractivity contribution in [1.82, 2.24) is 10.2 Å². The van der Waals surface area contributed by atoms with Crippen LogP contribution in [0.1, 0.15) is 31.9 Å². The molecule has 0 aliphatic rings. The van der Waals surface area contributed by atoms with Crippen LogP contribution in [0, 0.1) is 12.8 Å². The number of aryl methyl sites for hydroxylation is 1. The summed E-state index contributed by atoms with van der Waals surface area (Å²) in [5.41, 5.74) is 1.73. The molecule has 0 aromatic heterocycles. The Morgan fingerprint density at radius 3 is 2.17 bits per heavy atom. The van der Waals surface area contributed by atoms with Gasteiger partial charge in [0.05, 0.1) is 20.6 Å². The lowest BCUT2D eigenvalue weighted by Crippen LogP contribution is -2.51. The number of carbonyl (C=O) groups is 2. The van der Waals surface area contributed by atoms with E-state index in [0.717, 1.165) is 9.87 Å². The Labute approximate surface area is 251 Å².